The molecule has 5 nitrogen and oxygen atoms in total. The van der Waals surface area contributed by atoms with Crippen molar-refractivity contribution in [2.24, 2.45) is 5.73 Å². The van der Waals surface area contributed by atoms with E-state index in [1.165, 1.54) is 0 Å². The minimum Gasteiger partial charge on any atom is -0.327 e. The summed E-state index contributed by atoms with van der Waals surface area (Å²) in [5.74, 6) is -0.0476. The number of hydrogen-bond acceptors (Lipinski definition) is 3. The van der Waals surface area contributed by atoms with Crippen molar-refractivity contribution >= 4 is 11.6 Å². The smallest absolute Gasteiger partial charge is 0.226 e. The number of carbonyl (C=O) groups is 1. The Kier molecular flexibility index (Phi) is 4.49. The fraction of sp³-hybridized carbons (Fsp3) is 0.636. The molecule has 0 bridgehead atoms. The third-order valence-corrected chi connectivity index (χ3v) is 2.50. The lowest BCUT2D eigenvalue weighted by molar-refractivity contribution is -0.116. The molecular formula is C11H20N4O. The van der Waals surface area contributed by atoms with Gasteiger partial charge in [0.15, 0.2) is 0 Å². The molecule has 1 atom stereocenters. The number of amides is 1. The van der Waals surface area contributed by atoms with E-state index in [1.807, 2.05) is 13.8 Å². The zero-order chi connectivity index (χ0) is 12.1. The van der Waals surface area contributed by atoms with E-state index in [-0.39, 0.29) is 11.9 Å². The van der Waals surface area contributed by atoms with Crippen molar-refractivity contribution in [3.63, 3.8) is 0 Å². The Morgan fingerprint density at radius 3 is 2.75 bits per heavy atom. The molecule has 1 amide bonds. The summed E-state index contributed by atoms with van der Waals surface area (Å²) in [5.41, 5.74) is 8.25. The molecular weight excluding hydrogens is 204 g/mol. The first kappa shape index (κ1) is 12.7. The predicted molar refractivity (Wildman–Crippen MR) is 64.2 cm³/mol. The summed E-state index contributed by atoms with van der Waals surface area (Å²) in [6.07, 6.45) is 2.23. The molecule has 0 spiro atoms. The molecule has 1 aromatic rings. The Balaban J connectivity index is 2.52. The first-order chi connectivity index (χ1) is 7.54. The Morgan fingerprint density at radius 1 is 1.56 bits per heavy atom. The van der Waals surface area contributed by atoms with Crippen LogP contribution in [0.15, 0.2) is 0 Å². The fourth-order valence-electron chi connectivity index (χ4n) is 1.64. The van der Waals surface area contributed by atoms with Gasteiger partial charge in [-0.1, -0.05) is 13.3 Å². The van der Waals surface area contributed by atoms with Crippen molar-refractivity contribution in [3.05, 3.63) is 11.4 Å². The van der Waals surface area contributed by atoms with Crippen LogP contribution in [0, 0.1) is 13.8 Å². The molecule has 0 saturated carbocycles. The molecule has 5 heteroatoms. The van der Waals surface area contributed by atoms with Gasteiger partial charge in [-0.15, -0.1) is 0 Å². The van der Waals surface area contributed by atoms with Crippen LogP contribution in [0.3, 0.4) is 0 Å². The maximum atomic E-state index is 11.7. The number of anilines is 1. The summed E-state index contributed by atoms with van der Waals surface area (Å²) >= 11 is 0. The number of aryl methyl sites for hydroxylation is 2. The number of hydrogen-bond donors (Lipinski definition) is 3. The lowest BCUT2D eigenvalue weighted by atomic mass is 10.1. The van der Waals surface area contributed by atoms with Crippen LogP contribution in [-0.4, -0.2) is 22.1 Å². The fourth-order valence-corrected chi connectivity index (χ4v) is 1.64. The number of H-pyrrole nitrogens is 1. The molecule has 1 unspecified atom stereocenters. The first-order valence-electron chi connectivity index (χ1n) is 5.61. The molecule has 0 aliphatic rings. The van der Waals surface area contributed by atoms with Gasteiger partial charge in [-0.2, -0.15) is 5.10 Å². The van der Waals surface area contributed by atoms with Crippen molar-refractivity contribution < 1.29 is 4.79 Å². The van der Waals surface area contributed by atoms with Crippen LogP contribution in [0.1, 0.15) is 37.6 Å². The van der Waals surface area contributed by atoms with Crippen LogP contribution in [-0.2, 0) is 4.79 Å². The third-order valence-electron chi connectivity index (χ3n) is 2.50. The van der Waals surface area contributed by atoms with Gasteiger partial charge in [0.2, 0.25) is 5.91 Å². The van der Waals surface area contributed by atoms with Gasteiger partial charge < -0.3 is 11.1 Å². The average molecular weight is 224 g/mol. The highest BCUT2D eigenvalue weighted by atomic mass is 16.1. The molecule has 90 valence electrons. The molecule has 0 aromatic carbocycles. The topological polar surface area (TPSA) is 83.8 Å². The summed E-state index contributed by atoms with van der Waals surface area (Å²) in [6.45, 7) is 5.79. The van der Waals surface area contributed by atoms with Crippen LogP contribution in [0.5, 0.6) is 0 Å². The molecule has 1 aromatic heterocycles. The molecule has 0 saturated heterocycles. The van der Waals surface area contributed by atoms with Gasteiger partial charge in [-0.25, -0.2) is 0 Å². The van der Waals surface area contributed by atoms with Gasteiger partial charge in [-0.05, 0) is 20.3 Å². The van der Waals surface area contributed by atoms with E-state index in [0.717, 1.165) is 29.9 Å². The quantitative estimate of drug-likeness (QED) is 0.708. The molecule has 4 N–H and O–H groups in total. The van der Waals surface area contributed by atoms with Crippen LogP contribution >= 0.6 is 0 Å². The number of nitrogens with zero attached hydrogens (tertiary/aromatic N) is 1. The second-order valence-electron chi connectivity index (χ2n) is 4.11. The monoisotopic (exact) mass is 224 g/mol. The summed E-state index contributed by atoms with van der Waals surface area (Å²) in [4.78, 5) is 11.7. The minimum atomic E-state index is -0.0579. The Labute approximate surface area is 95.8 Å². The Hall–Kier alpha value is -1.36. The number of carbonyl (C=O) groups excluding carboxylic acids is 1. The Bertz CT molecular complexity index is 339. The first-order valence-corrected chi connectivity index (χ1v) is 5.61. The van der Waals surface area contributed by atoms with E-state index in [9.17, 15) is 4.79 Å². The van der Waals surface area contributed by atoms with Gasteiger partial charge >= 0.3 is 0 Å². The van der Waals surface area contributed by atoms with Crippen LogP contribution < -0.4 is 11.1 Å². The summed E-state index contributed by atoms with van der Waals surface area (Å²) < 4.78 is 0. The molecule has 1 rings (SSSR count). The van der Waals surface area contributed by atoms with Crippen molar-refractivity contribution in [2.45, 2.75) is 46.1 Å². The molecule has 0 radical (unpaired) electrons. The summed E-state index contributed by atoms with van der Waals surface area (Å²) in [7, 11) is 0. The number of nitrogens with two attached hydrogens (primary N) is 1. The number of rotatable bonds is 5. The zero-order valence-electron chi connectivity index (χ0n) is 10.1. The van der Waals surface area contributed by atoms with Gasteiger partial charge in [-0.3, -0.25) is 9.89 Å². The van der Waals surface area contributed by atoms with E-state index in [2.05, 4.69) is 22.4 Å². The maximum absolute atomic E-state index is 11.7. The van der Waals surface area contributed by atoms with Gasteiger partial charge in [0.05, 0.1) is 17.1 Å². The largest absolute Gasteiger partial charge is 0.327 e. The number of aromatic amines is 1. The zero-order valence-corrected chi connectivity index (χ0v) is 10.1. The highest BCUT2D eigenvalue weighted by molar-refractivity contribution is 5.92. The minimum absolute atomic E-state index is 0.0476. The predicted octanol–water partition coefficient (Wildman–Crippen LogP) is 1.48. The standard InChI is InChI=1S/C11H20N4O/c1-4-5-9(12)6-10(16)13-11-7(2)14-15-8(11)3/h9H,4-6,12H2,1-3H3,(H,13,16)(H,14,15). The average Bonchev–Trinajstić information content (AvgIpc) is 2.49. The normalized spacial score (nSPS) is 12.5. The Morgan fingerprint density at radius 2 is 2.25 bits per heavy atom. The van der Waals surface area contributed by atoms with E-state index >= 15 is 0 Å². The van der Waals surface area contributed by atoms with Crippen molar-refractivity contribution in [3.8, 4) is 0 Å². The highest BCUT2D eigenvalue weighted by Crippen LogP contribution is 2.16. The summed E-state index contributed by atoms with van der Waals surface area (Å²) in [6, 6.07) is -0.0579. The molecule has 0 aliphatic carbocycles. The van der Waals surface area contributed by atoms with E-state index in [1.54, 1.807) is 0 Å². The van der Waals surface area contributed by atoms with Crippen molar-refractivity contribution in [1.82, 2.24) is 10.2 Å². The van der Waals surface area contributed by atoms with E-state index < -0.39 is 0 Å². The summed E-state index contributed by atoms with van der Waals surface area (Å²) in [5, 5.41) is 9.67. The van der Waals surface area contributed by atoms with Crippen LogP contribution in [0.4, 0.5) is 5.69 Å². The van der Waals surface area contributed by atoms with Gasteiger partial charge in [0.25, 0.3) is 0 Å². The van der Waals surface area contributed by atoms with Crippen LogP contribution in [0.2, 0.25) is 0 Å². The highest BCUT2D eigenvalue weighted by Gasteiger charge is 2.12. The second-order valence-corrected chi connectivity index (χ2v) is 4.11. The lowest BCUT2D eigenvalue weighted by Gasteiger charge is -2.10. The van der Waals surface area contributed by atoms with Crippen LogP contribution in [0.25, 0.3) is 0 Å². The lowest BCUT2D eigenvalue weighted by Crippen LogP contribution is -2.27. The molecule has 1 heterocycles. The van der Waals surface area contributed by atoms with Gasteiger partial charge in [0, 0.05) is 12.5 Å². The second kappa shape index (κ2) is 5.65. The SMILES string of the molecule is CCCC(N)CC(=O)Nc1c(C)n[nH]c1C. The number of aromatic nitrogens is 2. The maximum Gasteiger partial charge on any atom is 0.226 e. The van der Waals surface area contributed by atoms with Crippen molar-refractivity contribution in [1.29, 1.82) is 0 Å². The van der Waals surface area contributed by atoms with E-state index in [0.29, 0.717) is 6.42 Å². The molecule has 0 fully saturated rings. The third kappa shape index (κ3) is 3.34. The molecule has 16 heavy (non-hydrogen) atoms. The van der Waals surface area contributed by atoms with Crippen molar-refractivity contribution in [2.75, 3.05) is 5.32 Å². The van der Waals surface area contributed by atoms with Gasteiger partial charge in [0.1, 0.15) is 0 Å². The number of nitrogens with one attached hydrogen (secondary N) is 2. The van der Waals surface area contributed by atoms with E-state index in [4.69, 9.17) is 5.73 Å². The molecule has 0 aliphatic heterocycles.